The molecule has 0 amide bonds. The largest absolute Gasteiger partial charge is 0.464 e. The molecule has 0 aliphatic carbocycles. The van der Waals surface area contributed by atoms with Crippen LogP contribution in [0.1, 0.15) is 27.8 Å². The van der Waals surface area contributed by atoms with E-state index >= 15 is 0 Å². The predicted molar refractivity (Wildman–Crippen MR) is 66.8 cm³/mol. The normalized spacial score (nSPS) is 10.2. The number of rotatable bonds is 3. The van der Waals surface area contributed by atoms with Crippen molar-refractivity contribution >= 4 is 23.0 Å². The number of nitrogens with zero attached hydrogens (tertiary/aromatic N) is 2. The van der Waals surface area contributed by atoms with Crippen LogP contribution in [-0.4, -0.2) is 35.6 Å². The zero-order valence-corrected chi connectivity index (χ0v) is 10.5. The van der Waals surface area contributed by atoms with Gasteiger partial charge in [-0.15, -0.1) is 0 Å². The monoisotopic (exact) mass is 260 g/mol. The van der Waals surface area contributed by atoms with Crippen molar-refractivity contribution in [3.8, 4) is 0 Å². The van der Waals surface area contributed by atoms with Gasteiger partial charge >= 0.3 is 11.9 Å². The van der Waals surface area contributed by atoms with Crippen LogP contribution in [0.25, 0.3) is 11.0 Å². The van der Waals surface area contributed by atoms with E-state index in [0.29, 0.717) is 23.2 Å². The van der Waals surface area contributed by atoms with Gasteiger partial charge in [0.1, 0.15) is 0 Å². The molecule has 2 aromatic heterocycles. The molecule has 0 saturated heterocycles. The lowest BCUT2D eigenvalue weighted by Crippen LogP contribution is -2.07. The summed E-state index contributed by atoms with van der Waals surface area (Å²) in [5.41, 5.74) is 0.893. The smallest absolute Gasteiger partial charge is 0.356 e. The summed E-state index contributed by atoms with van der Waals surface area (Å²) in [5, 5.41) is 0.651. The molecule has 0 aromatic carbocycles. The minimum Gasteiger partial charge on any atom is -0.464 e. The molecule has 0 spiro atoms. The van der Waals surface area contributed by atoms with Gasteiger partial charge in [-0.3, -0.25) is 0 Å². The summed E-state index contributed by atoms with van der Waals surface area (Å²) in [6.45, 7) is 2.03. The molecule has 0 bridgehead atoms. The Morgan fingerprint density at radius 3 is 2.74 bits per heavy atom. The number of hydrogen-bond acceptors (Lipinski definition) is 6. The van der Waals surface area contributed by atoms with Crippen LogP contribution in [0.15, 0.2) is 24.4 Å². The molecule has 0 aliphatic rings. The van der Waals surface area contributed by atoms with Gasteiger partial charge in [0.05, 0.1) is 19.3 Å². The first-order chi connectivity index (χ1) is 9.15. The van der Waals surface area contributed by atoms with Gasteiger partial charge in [0.2, 0.25) is 0 Å². The maximum atomic E-state index is 11.6. The van der Waals surface area contributed by atoms with E-state index in [1.165, 1.54) is 19.4 Å². The number of aromatic nitrogens is 2. The Hall–Kier alpha value is -2.50. The predicted octanol–water partition coefficient (Wildman–Crippen LogP) is 1.59. The van der Waals surface area contributed by atoms with Crippen LogP contribution >= 0.6 is 0 Å². The van der Waals surface area contributed by atoms with Gasteiger partial charge < -0.3 is 9.47 Å². The summed E-state index contributed by atoms with van der Waals surface area (Å²) < 4.78 is 9.46. The van der Waals surface area contributed by atoms with Crippen LogP contribution in [0.2, 0.25) is 0 Å². The van der Waals surface area contributed by atoms with Crippen molar-refractivity contribution in [1.82, 2.24) is 9.97 Å². The Morgan fingerprint density at radius 1 is 1.26 bits per heavy atom. The number of hydrogen-bond donors (Lipinski definition) is 0. The molecule has 0 fully saturated rings. The lowest BCUT2D eigenvalue weighted by atomic mass is 10.2. The van der Waals surface area contributed by atoms with E-state index in [0.717, 1.165) is 0 Å². The molecule has 0 saturated carbocycles. The first-order valence-corrected chi connectivity index (χ1v) is 5.68. The van der Waals surface area contributed by atoms with Crippen molar-refractivity contribution in [1.29, 1.82) is 0 Å². The van der Waals surface area contributed by atoms with E-state index in [-0.39, 0.29) is 5.69 Å². The van der Waals surface area contributed by atoms with E-state index in [1.807, 2.05) is 0 Å². The Balaban J connectivity index is 2.40. The second-order valence-electron chi connectivity index (χ2n) is 3.68. The molecule has 6 heteroatoms. The Kier molecular flexibility index (Phi) is 3.70. The molecule has 0 unspecified atom stereocenters. The van der Waals surface area contributed by atoms with E-state index in [2.05, 4.69) is 14.7 Å². The van der Waals surface area contributed by atoms with E-state index in [9.17, 15) is 9.59 Å². The molecule has 6 nitrogen and oxygen atoms in total. The molecular weight excluding hydrogens is 248 g/mol. The summed E-state index contributed by atoms with van der Waals surface area (Å²) in [6, 6.07) is 4.80. The zero-order chi connectivity index (χ0) is 13.8. The van der Waals surface area contributed by atoms with Gasteiger partial charge in [0.15, 0.2) is 11.3 Å². The van der Waals surface area contributed by atoms with Crippen LogP contribution in [0.3, 0.4) is 0 Å². The van der Waals surface area contributed by atoms with Crippen molar-refractivity contribution in [2.45, 2.75) is 6.92 Å². The molecule has 19 heavy (non-hydrogen) atoms. The summed E-state index contributed by atoms with van der Waals surface area (Å²) in [4.78, 5) is 31.0. The van der Waals surface area contributed by atoms with Crippen LogP contribution in [0.5, 0.6) is 0 Å². The SMILES string of the molecule is CCOC(=O)c1cnc2nc(C(=O)OC)ccc2c1. The minimum atomic E-state index is -0.529. The number of esters is 2. The number of methoxy groups -OCH3 is 1. The fourth-order valence-corrected chi connectivity index (χ4v) is 1.56. The van der Waals surface area contributed by atoms with Gasteiger partial charge in [-0.2, -0.15) is 0 Å². The third kappa shape index (κ3) is 2.67. The Labute approximate surface area is 109 Å². The molecule has 0 atom stereocenters. The quantitative estimate of drug-likeness (QED) is 0.780. The molecule has 2 heterocycles. The van der Waals surface area contributed by atoms with Gasteiger partial charge in [-0.05, 0) is 25.1 Å². The molecule has 0 N–H and O–H groups in total. The summed E-state index contributed by atoms with van der Waals surface area (Å²) >= 11 is 0. The average Bonchev–Trinajstić information content (AvgIpc) is 2.45. The van der Waals surface area contributed by atoms with Crippen molar-refractivity contribution < 1.29 is 19.1 Å². The van der Waals surface area contributed by atoms with Crippen molar-refractivity contribution in [2.75, 3.05) is 13.7 Å². The number of fused-ring (bicyclic) bond motifs is 1. The maximum Gasteiger partial charge on any atom is 0.356 e. The van der Waals surface area contributed by atoms with Gasteiger partial charge in [-0.1, -0.05) is 0 Å². The number of pyridine rings is 2. The molecule has 98 valence electrons. The fourth-order valence-electron chi connectivity index (χ4n) is 1.56. The van der Waals surface area contributed by atoms with Crippen molar-refractivity contribution in [3.05, 3.63) is 35.7 Å². The summed E-state index contributed by atoms with van der Waals surface area (Å²) in [5.74, 6) is -0.966. The highest BCUT2D eigenvalue weighted by Crippen LogP contribution is 2.13. The molecule has 2 rings (SSSR count). The molecule has 2 aromatic rings. The third-order valence-corrected chi connectivity index (χ3v) is 2.45. The Bertz CT molecular complexity index is 640. The molecule has 0 radical (unpaired) electrons. The van der Waals surface area contributed by atoms with Gasteiger partial charge in [0, 0.05) is 11.6 Å². The van der Waals surface area contributed by atoms with Crippen molar-refractivity contribution in [2.24, 2.45) is 0 Å². The highest BCUT2D eigenvalue weighted by Gasteiger charge is 2.11. The highest BCUT2D eigenvalue weighted by atomic mass is 16.5. The third-order valence-electron chi connectivity index (χ3n) is 2.45. The first-order valence-electron chi connectivity index (χ1n) is 5.68. The number of carbonyl (C=O) groups excluding carboxylic acids is 2. The molecular formula is C13H12N2O4. The number of ether oxygens (including phenoxy) is 2. The number of carbonyl (C=O) groups is 2. The van der Waals surface area contributed by atoms with Crippen LogP contribution in [0, 0.1) is 0 Å². The maximum absolute atomic E-state index is 11.6. The second-order valence-corrected chi connectivity index (χ2v) is 3.68. The fraction of sp³-hybridized carbons (Fsp3) is 0.231. The van der Waals surface area contributed by atoms with Gasteiger partial charge in [0.25, 0.3) is 0 Å². The summed E-state index contributed by atoms with van der Waals surface area (Å²) in [6.07, 6.45) is 1.37. The second kappa shape index (κ2) is 5.43. The van der Waals surface area contributed by atoms with Gasteiger partial charge in [-0.25, -0.2) is 19.6 Å². The van der Waals surface area contributed by atoms with Crippen molar-refractivity contribution in [3.63, 3.8) is 0 Å². The first kappa shape index (κ1) is 12.9. The standard InChI is InChI=1S/C13H12N2O4/c1-3-19-12(16)9-6-8-4-5-10(13(17)18-2)15-11(8)14-7-9/h4-7H,3H2,1-2H3. The van der Waals surface area contributed by atoms with Crippen LogP contribution < -0.4 is 0 Å². The van der Waals surface area contributed by atoms with Crippen LogP contribution in [-0.2, 0) is 9.47 Å². The van der Waals surface area contributed by atoms with Crippen LogP contribution in [0.4, 0.5) is 0 Å². The Morgan fingerprint density at radius 2 is 2.05 bits per heavy atom. The zero-order valence-electron chi connectivity index (χ0n) is 10.5. The topological polar surface area (TPSA) is 78.4 Å². The van der Waals surface area contributed by atoms with E-state index in [1.54, 1.807) is 19.1 Å². The lowest BCUT2D eigenvalue weighted by molar-refractivity contribution is 0.0524. The lowest BCUT2D eigenvalue weighted by Gasteiger charge is -2.03. The highest BCUT2D eigenvalue weighted by molar-refractivity contribution is 5.94. The average molecular weight is 260 g/mol. The molecule has 0 aliphatic heterocycles. The summed E-state index contributed by atoms with van der Waals surface area (Å²) in [7, 11) is 1.28. The minimum absolute atomic E-state index is 0.173. The van der Waals surface area contributed by atoms with E-state index in [4.69, 9.17) is 4.74 Å². The van der Waals surface area contributed by atoms with E-state index < -0.39 is 11.9 Å².